The van der Waals surface area contributed by atoms with Gasteiger partial charge in [0.15, 0.2) is 5.75 Å². The second kappa shape index (κ2) is 11.3. The van der Waals surface area contributed by atoms with Gasteiger partial charge in [-0.2, -0.15) is 19.6 Å². The van der Waals surface area contributed by atoms with E-state index in [0.717, 1.165) is 16.6 Å². The van der Waals surface area contributed by atoms with Gasteiger partial charge >= 0.3 is 5.97 Å². The molecule has 0 bridgehead atoms. The minimum Gasteiger partial charge on any atom is -0.486 e. The number of aromatic nitrogens is 5. The number of ether oxygens (including phenoxy) is 1. The Labute approximate surface area is 230 Å². The molecule has 3 aromatic heterocycles. The van der Waals surface area contributed by atoms with Crippen molar-refractivity contribution in [2.75, 3.05) is 41.8 Å². The molecule has 1 aromatic carbocycles. The Morgan fingerprint density at radius 3 is 2.74 bits per heavy atom. The number of aryl methyl sites for hydroxylation is 1. The molecule has 4 aromatic rings. The molecule has 204 valence electrons. The van der Waals surface area contributed by atoms with Crippen LogP contribution in [0.3, 0.4) is 0 Å². The smallest absolute Gasteiger partial charge is 0.306 e. The molecule has 39 heavy (non-hydrogen) atoms. The summed E-state index contributed by atoms with van der Waals surface area (Å²) in [5.74, 6) is 0.661. The van der Waals surface area contributed by atoms with Gasteiger partial charge in [-0.3, -0.25) is 14.4 Å². The summed E-state index contributed by atoms with van der Waals surface area (Å²) in [5, 5.41) is 20.6. The molecule has 1 saturated heterocycles. The number of nitrogens with zero attached hydrogens (tertiary/aromatic N) is 6. The minimum absolute atomic E-state index is 0.158. The Morgan fingerprint density at radius 1 is 1.21 bits per heavy atom. The molecule has 4 heterocycles. The van der Waals surface area contributed by atoms with E-state index in [1.807, 2.05) is 24.3 Å². The third-order valence-corrected chi connectivity index (χ3v) is 7.18. The van der Waals surface area contributed by atoms with E-state index in [-0.39, 0.29) is 41.6 Å². The van der Waals surface area contributed by atoms with Crippen LogP contribution in [0.15, 0.2) is 41.5 Å². The van der Waals surface area contributed by atoms with Gasteiger partial charge in [-0.15, -0.1) is 0 Å². The lowest BCUT2D eigenvalue weighted by molar-refractivity contribution is -0.142. The lowest BCUT2D eigenvalue weighted by atomic mass is 9.97. The molecule has 0 atom stereocenters. The molecule has 1 amide bonds. The van der Waals surface area contributed by atoms with E-state index in [2.05, 4.69) is 46.5 Å². The molecule has 14 heteroatoms. The van der Waals surface area contributed by atoms with E-state index >= 15 is 0 Å². The van der Waals surface area contributed by atoms with Crippen LogP contribution in [-0.4, -0.2) is 72.7 Å². The first-order chi connectivity index (χ1) is 18.8. The van der Waals surface area contributed by atoms with Crippen LogP contribution in [0, 0.1) is 5.92 Å². The minimum atomic E-state index is -0.762. The number of benzene rings is 1. The van der Waals surface area contributed by atoms with E-state index in [1.54, 1.807) is 17.6 Å². The van der Waals surface area contributed by atoms with Crippen molar-refractivity contribution >= 4 is 61.8 Å². The Kier molecular flexibility index (Phi) is 7.63. The highest BCUT2D eigenvalue weighted by Crippen LogP contribution is 2.28. The molecule has 0 saturated carbocycles. The number of pyridine rings is 1. The molecular weight excluding hydrogens is 572 g/mol. The second-order valence-corrected chi connectivity index (χ2v) is 9.74. The van der Waals surface area contributed by atoms with Crippen molar-refractivity contribution in [1.82, 2.24) is 29.5 Å². The van der Waals surface area contributed by atoms with Crippen LogP contribution in [0.5, 0.6) is 5.75 Å². The summed E-state index contributed by atoms with van der Waals surface area (Å²) >= 11 is 3.09. The number of alkyl halides is 1. The molecule has 3 N–H and O–H groups in total. The summed E-state index contributed by atoms with van der Waals surface area (Å²) in [4.78, 5) is 46.4. The van der Waals surface area contributed by atoms with Crippen LogP contribution in [0.2, 0.25) is 0 Å². The van der Waals surface area contributed by atoms with Crippen LogP contribution in [0.4, 0.5) is 17.3 Å². The van der Waals surface area contributed by atoms with Crippen LogP contribution in [0.25, 0.3) is 16.7 Å². The average Bonchev–Trinajstić information content (AvgIpc) is 3.42. The van der Waals surface area contributed by atoms with Gasteiger partial charge in [0.2, 0.25) is 5.91 Å². The summed E-state index contributed by atoms with van der Waals surface area (Å²) in [6, 6.07) is 9.15. The number of hydrogen-bond acceptors (Lipinski definition) is 9. The normalized spacial score (nSPS) is 14.1. The Hall–Kier alpha value is -4.20. The van der Waals surface area contributed by atoms with Crippen molar-refractivity contribution in [3.8, 4) is 5.75 Å². The largest absolute Gasteiger partial charge is 0.486 e. The maximum absolute atomic E-state index is 12.8. The highest BCUT2D eigenvalue weighted by molar-refractivity contribution is 9.09. The fourth-order valence-electron chi connectivity index (χ4n) is 4.59. The predicted octanol–water partition coefficient (Wildman–Crippen LogP) is 1.91. The van der Waals surface area contributed by atoms with Gasteiger partial charge in [0, 0.05) is 37.3 Å². The molecule has 1 aliphatic heterocycles. The first kappa shape index (κ1) is 26.4. The lowest BCUT2D eigenvalue weighted by Gasteiger charge is -2.31. The zero-order valence-corrected chi connectivity index (χ0v) is 22.7. The van der Waals surface area contributed by atoms with Gasteiger partial charge in [-0.05, 0) is 37.1 Å². The zero-order valence-electron chi connectivity index (χ0n) is 21.1. The Morgan fingerprint density at radius 2 is 2.00 bits per heavy atom. The standard InChI is InChI=1S/C25H27BrN8O5/c1-32-18-3-2-17(10-16(18)11-19(23(32)36)39-9-6-27-22(35)13-26)30-21-12-20(31-25-28-14-29-34(21)25)33-7-4-15(5-8-33)24(37)38/h2-3,10-12,14-15,30H,4-9,13H2,1H3,(H,27,35)(H,37,38). The Bertz CT molecular complexity index is 1590. The molecule has 13 nitrogen and oxygen atoms in total. The van der Waals surface area contributed by atoms with Crippen molar-refractivity contribution in [3.63, 3.8) is 0 Å². The number of halogens is 1. The number of carboxylic acids is 1. The first-order valence-corrected chi connectivity index (χ1v) is 13.5. The maximum atomic E-state index is 12.8. The number of nitrogens with one attached hydrogen (secondary N) is 2. The molecule has 0 spiro atoms. The SMILES string of the molecule is Cn1c(=O)c(OCCNC(=O)CBr)cc2cc(Nc3cc(N4CCC(C(=O)O)CC4)nc4ncnn34)ccc21. The number of aliphatic carboxylic acids is 1. The van der Waals surface area contributed by atoms with Crippen LogP contribution < -0.4 is 25.8 Å². The predicted molar refractivity (Wildman–Crippen MR) is 148 cm³/mol. The van der Waals surface area contributed by atoms with Gasteiger partial charge < -0.3 is 29.9 Å². The number of fused-ring (bicyclic) bond motifs is 2. The third-order valence-electron chi connectivity index (χ3n) is 6.67. The average molecular weight is 599 g/mol. The van der Waals surface area contributed by atoms with E-state index in [1.165, 1.54) is 10.9 Å². The number of carboxylic acid groups (broad SMARTS) is 1. The van der Waals surface area contributed by atoms with Crippen LogP contribution in [0.1, 0.15) is 12.8 Å². The highest BCUT2D eigenvalue weighted by Gasteiger charge is 2.26. The number of piperidine rings is 1. The Balaban J connectivity index is 1.40. The van der Waals surface area contributed by atoms with Gasteiger partial charge in [-0.1, -0.05) is 15.9 Å². The molecular formula is C25H27BrN8O5. The quantitative estimate of drug-likeness (QED) is 0.192. The van der Waals surface area contributed by atoms with Crippen LogP contribution in [-0.2, 0) is 16.6 Å². The van der Waals surface area contributed by atoms with Gasteiger partial charge in [0.05, 0.1) is 23.3 Å². The number of anilines is 3. The number of rotatable bonds is 9. The fourth-order valence-corrected chi connectivity index (χ4v) is 4.79. The number of carbonyl (C=O) groups is 2. The number of hydrogen-bond donors (Lipinski definition) is 3. The van der Waals surface area contributed by atoms with Crippen molar-refractivity contribution in [2.45, 2.75) is 12.8 Å². The van der Waals surface area contributed by atoms with Crippen LogP contribution >= 0.6 is 15.9 Å². The second-order valence-electron chi connectivity index (χ2n) is 9.17. The van der Waals surface area contributed by atoms with Crippen molar-refractivity contribution in [2.24, 2.45) is 13.0 Å². The summed E-state index contributed by atoms with van der Waals surface area (Å²) < 4.78 is 8.79. The number of amides is 1. The molecule has 1 fully saturated rings. The van der Waals surface area contributed by atoms with Crippen molar-refractivity contribution < 1.29 is 19.4 Å². The van der Waals surface area contributed by atoms with E-state index < -0.39 is 5.97 Å². The first-order valence-electron chi connectivity index (χ1n) is 12.4. The molecule has 5 rings (SSSR count). The summed E-state index contributed by atoms with van der Waals surface area (Å²) in [7, 11) is 1.68. The topological polar surface area (TPSA) is 156 Å². The highest BCUT2D eigenvalue weighted by atomic mass is 79.9. The monoisotopic (exact) mass is 598 g/mol. The lowest BCUT2D eigenvalue weighted by Crippen LogP contribution is -2.36. The van der Waals surface area contributed by atoms with Gasteiger partial charge in [0.1, 0.15) is 24.6 Å². The maximum Gasteiger partial charge on any atom is 0.306 e. The van der Waals surface area contributed by atoms with Gasteiger partial charge in [-0.25, -0.2) is 0 Å². The summed E-state index contributed by atoms with van der Waals surface area (Å²) in [6.45, 7) is 1.60. The molecule has 1 aliphatic rings. The molecule has 0 aliphatic carbocycles. The molecule has 0 unspecified atom stereocenters. The fraction of sp³-hybridized carbons (Fsp3) is 0.360. The summed E-state index contributed by atoms with van der Waals surface area (Å²) in [6.07, 6.45) is 2.52. The zero-order chi connectivity index (χ0) is 27.5. The van der Waals surface area contributed by atoms with E-state index in [0.29, 0.717) is 43.3 Å². The number of carbonyl (C=O) groups excluding carboxylic acids is 1. The van der Waals surface area contributed by atoms with Crippen molar-refractivity contribution in [1.29, 1.82) is 0 Å². The molecule has 0 radical (unpaired) electrons. The van der Waals surface area contributed by atoms with E-state index in [9.17, 15) is 19.5 Å². The van der Waals surface area contributed by atoms with E-state index in [4.69, 9.17) is 4.74 Å². The summed E-state index contributed by atoms with van der Waals surface area (Å²) in [5.41, 5.74) is 1.20. The van der Waals surface area contributed by atoms with Crippen molar-refractivity contribution in [3.05, 3.63) is 47.0 Å². The van der Waals surface area contributed by atoms with Gasteiger partial charge in [0.25, 0.3) is 11.3 Å². The third kappa shape index (κ3) is 5.65.